The predicted octanol–water partition coefficient (Wildman–Crippen LogP) is 0.568. The van der Waals surface area contributed by atoms with Crippen molar-refractivity contribution in [2.75, 3.05) is 23.7 Å². The monoisotopic (exact) mass is 224 g/mol. The number of nitrogens with two attached hydrogens (primary N) is 2. The second-order valence-electron chi connectivity index (χ2n) is 4.76. The number of benzene rings is 1. The zero-order valence-electron chi connectivity index (χ0n) is 9.78. The van der Waals surface area contributed by atoms with Crippen LogP contribution in [0.1, 0.15) is 13.8 Å². The number of anilines is 2. The minimum absolute atomic E-state index is 0.221. The van der Waals surface area contributed by atoms with Crippen LogP contribution in [0.3, 0.4) is 0 Å². The number of halogens is 1. The first kappa shape index (κ1) is 11.2. The van der Waals surface area contributed by atoms with Gasteiger partial charge in [0.15, 0.2) is 0 Å². The van der Waals surface area contributed by atoms with Gasteiger partial charge in [-0.05, 0) is 32.0 Å². The largest absolute Gasteiger partial charge is 0.399 e. The molecule has 0 spiro atoms. The van der Waals surface area contributed by atoms with E-state index in [2.05, 4.69) is 24.1 Å². The lowest BCUT2D eigenvalue weighted by Crippen LogP contribution is -2.99. The molecule has 0 amide bonds. The van der Waals surface area contributed by atoms with Crippen molar-refractivity contribution in [3.05, 3.63) is 24.0 Å². The fourth-order valence-corrected chi connectivity index (χ4v) is 2.43. The highest BCUT2D eigenvalue weighted by Crippen LogP contribution is 2.22. The van der Waals surface area contributed by atoms with E-state index in [4.69, 9.17) is 5.73 Å². The molecule has 1 aromatic carbocycles. The predicted molar refractivity (Wildman–Crippen MR) is 63.9 cm³/mol. The quantitative estimate of drug-likeness (QED) is 0.685. The van der Waals surface area contributed by atoms with Gasteiger partial charge in [0, 0.05) is 5.69 Å². The number of piperazine rings is 1. The van der Waals surface area contributed by atoms with Crippen molar-refractivity contribution < 1.29 is 9.71 Å². The summed E-state index contributed by atoms with van der Waals surface area (Å²) >= 11 is 0. The number of nitrogens with zero attached hydrogens (tertiary/aromatic N) is 1. The third-order valence-electron chi connectivity index (χ3n) is 2.99. The van der Waals surface area contributed by atoms with Gasteiger partial charge in [-0.1, -0.05) is 0 Å². The Morgan fingerprint density at radius 1 is 1.31 bits per heavy atom. The van der Waals surface area contributed by atoms with Crippen molar-refractivity contribution in [3.63, 3.8) is 0 Å². The molecule has 1 heterocycles. The van der Waals surface area contributed by atoms with Crippen LogP contribution in [0.2, 0.25) is 0 Å². The van der Waals surface area contributed by atoms with Gasteiger partial charge in [0.1, 0.15) is 17.9 Å². The van der Waals surface area contributed by atoms with E-state index < -0.39 is 0 Å². The molecular weight excluding hydrogens is 205 g/mol. The zero-order chi connectivity index (χ0) is 11.7. The van der Waals surface area contributed by atoms with E-state index in [1.54, 1.807) is 12.1 Å². The summed E-state index contributed by atoms with van der Waals surface area (Å²) in [6.07, 6.45) is 0. The summed E-state index contributed by atoms with van der Waals surface area (Å²) in [7, 11) is 0. The number of nitrogen functional groups attached to an aromatic ring is 1. The molecule has 2 unspecified atom stereocenters. The smallest absolute Gasteiger partial charge is 0.148 e. The van der Waals surface area contributed by atoms with Crippen LogP contribution in [0.5, 0.6) is 0 Å². The Hall–Kier alpha value is -1.29. The Morgan fingerprint density at radius 2 is 1.94 bits per heavy atom. The standard InChI is InChI=1S/C12H18FN3/c1-8-6-16(7-9(2)15-8)12-4-3-10(14)5-11(12)13/h3-5,8-9,15H,6-7,14H2,1-2H3/p+1. The molecule has 88 valence electrons. The number of hydrogen-bond donors (Lipinski definition) is 2. The van der Waals surface area contributed by atoms with Crippen LogP contribution in [0.25, 0.3) is 0 Å². The molecule has 0 aliphatic carbocycles. The Kier molecular flexibility index (Phi) is 3.01. The van der Waals surface area contributed by atoms with Crippen molar-refractivity contribution in [3.8, 4) is 0 Å². The summed E-state index contributed by atoms with van der Waals surface area (Å²) in [5.41, 5.74) is 6.69. The van der Waals surface area contributed by atoms with E-state index in [0.29, 0.717) is 23.5 Å². The van der Waals surface area contributed by atoms with E-state index in [0.717, 1.165) is 13.1 Å². The molecule has 1 saturated heterocycles. The molecular formula is C12H19FN3+. The molecule has 16 heavy (non-hydrogen) atoms. The van der Waals surface area contributed by atoms with Crippen LogP contribution >= 0.6 is 0 Å². The van der Waals surface area contributed by atoms with Gasteiger partial charge in [0.05, 0.1) is 18.8 Å². The molecule has 2 rings (SSSR count). The summed E-state index contributed by atoms with van der Waals surface area (Å²) < 4.78 is 13.8. The number of hydrogen-bond acceptors (Lipinski definition) is 2. The molecule has 4 N–H and O–H groups in total. The van der Waals surface area contributed by atoms with Crippen LogP contribution in [-0.2, 0) is 0 Å². The molecule has 1 fully saturated rings. The Bertz CT molecular complexity index is 371. The van der Waals surface area contributed by atoms with Gasteiger partial charge in [-0.25, -0.2) is 4.39 Å². The van der Waals surface area contributed by atoms with Crippen molar-refractivity contribution in [2.45, 2.75) is 25.9 Å². The van der Waals surface area contributed by atoms with E-state index in [-0.39, 0.29) is 5.82 Å². The average molecular weight is 224 g/mol. The first-order valence-electron chi connectivity index (χ1n) is 5.71. The molecule has 0 radical (unpaired) electrons. The topological polar surface area (TPSA) is 45.9 Å². The van der Waals surface area contributed by atoms with E-state index >= 15 is 0 Å². The van der Waals surface area contributed by atoms with E-state index in [9.17, 15) is 4.39 Å². The molecule has 4 heteroatoms. The van der Waals surface area contributed by atoms with Crippen molar-refractivity contribution in [2.24, 2.45) is 0 Å². The van der Waals surface area contributed by atoms with Gasteiger partial charge in [-0.2, -0.15) is 0 Å². The molecule has 1 aliphatic heterocycles. The Labute approximate surface area is 95.4 Å². The second kappa shape index (κ2) is 4.29. The normalized spacial score (nSPS) is 25.8. The second-order valence-corrected chi connectivity index (χ2v) is 4.76. The van der Waals surface area contributed by atoms with Crippen LogP contribution in [0.15, 0.2) is 18.2 Å². The molecule has 0 aromatic heterocycles. The Morgan fingerprint density at radius 3 is 2.50 bits per heavy atom. The molecule has 1 aliphatic rings. The van der Waals surface area contributed by atoms with Crippen molar-refractivity contribution in [1.82, 2.24) is 0 Å². The van der Waals surface area contributed by atoms with Gasteiger partial charge in [-0.3, -0.25) is 0 Å². The van der Waals surface area contributed by atoms with Gasteiger partial charge in [0.2, 0.25) is 0 Å². The van der Waals surface area contributed by atoms with Gasteiger partial charge in [-0.15, -0.1) is 0 Å². The summed E-state index contributed by atoms with van der Waals surface area (Å²) in [6.45, 7) is 6.09. The maximum Gasteiger partial charge on any atom is 0.148 e. The maximum atomic E-state index is 13.8. The summed E-state index contributed by atoms with van der Waals surface area (Å²) in [4.78, 5) is 2.10. The highest BCUT2D eigenvalue weighted by molar-refractivity contribution is 5.54. The fraction of sp³-hybridized carbons (Fsp3) is 0.500. The van der Waals surface area contributed by atoms with Crippen LogP contribution in [0.4, 0.5) is 15.8 Å². The van der Waals surface area contributed by atoms with E-state index in [1.807, 2.05) is 0 Å². The summed E-state index contributed by atoms with van der Waals surface area (Å²) in [5, 5.41) is 2.33. The van der Waals surface area contributed by atoms with E-state index in [1.165, 1.54) is 6.07 Å². The highest BCUT2D eigenvalue weighted by atomic mass is 19.1. The lowest BCUT2D eigenvalue weighted by Gasteiger charge is -2.35. The van der Waals surface area contributed by atoms with Gasteiger partial charge >= 0.3 is 0 Å². The lowest BCUT2D eigenvalue weighted by atomic mass is 10.1. The molecule has 0 saturated carbocycles. The third-order valence-corrected chi connectivity index (χ3v) is 2.99. The highest BCUT2D eigenvalue weighted by Gasteiger charge is 2.25. The van der Waals surface area contributed by atoms with Crippen LogP contribution in [-0.4, -0.2) is 25.2 Å². The minimum Gasteiger partial charge on any atom is -0.399 e. The lowest BCUT2D eigenvalue weighted by molar-refractivity contribution is -0.716. The van der Waals surface area contributed by atoms with Crippen molar-refractivity contribution in [1.29, 1.82) is 0 Å². The van der Waals surface area contributed by atoms with Gasteiger partial charge < -0.3 is 16.0 Å². The van der Waals surface area contributed by atoms with Crippen LogP contribution < -0.4 is 16.0 Å². The van der Waals surface area contributed by atoms with Crippen molar-refractivity contribution >= 4 is 11.4 Å². The average Bonchev–Trinajstić information content (AvgIpc) is 2.15. The third kappa shape index (κ3) is 2.27. The Balaban J connectivity index is 2.23. The molecule has 2 atom stereocenters. The minimum atomic E-state index is -0.221. The molecule has 1 aromatic rings. The fourth-order valence-electron chi connectivity index (χ4n) is 2.43. The zero-order valence-corrected chi connectivity index (χ0v) is 9.78. The van der Waals surface area contributed by atoms with Gasteiger partial charge in [0.25, 0.3) is 0 Å². The SMILES string of the molecule is CC1CN(c2ccc(N)cc2F)CC(C)[NH2+]1. The molecule has 3 nitrogen and oxygen atoms in total. The molecule has 0 bridgehead atoms. The number of quaternary nitrogens is 1. The summed E-state index contributed by atoms with van der Waals surface area (Å²) in [6, 6.07) is 5.92. The van der Waals surface area contributed by atoms with Crippen LogP contribution in [0, 0.1) is 5.82 Å². The first-order valence-corrected chi connectivity index (χ1v) is 5.71. The number of rotatable bonds is 1. The first-order chi connectivity index (χ1) is 7.56. The maximum absolute atomic E-state index is 13.8. The summed E-state index contributed by atoms with van der Waals surface area (Å²) in [5.74, 6) is -0.221.